The maximum absolute atomic E-state index is 4.60. The van der Waals surface area contributed by atoms with Gasteiger partial charge in [0.2, 0.25) is 0 Å². The molecule has 1 fully saturated rings. The van der Waals surface area contributed by atoms with E-state index in [1.807, 2.05) is 0 Å². The number of hydrogen-bond acceptors (Lipinski definition) is 3. The second kappa shape index (κ2) is 4.86. The molecule has 84 valence electrons. The van der Waals surface area contributed by atoms with Crippen LogP contribution in [0.25, 0.3) is 0 Å². The maximum Gasteiger partial charge on any atom is 0.0583 e. The summed E-state index contributed by atoms with van der Waals surface area (Å²) in [5, 5.41) is 3.60. The van der Waals surface area contributed by atoms with Crippen LogP contribution < -0.4 is 5.32 Å². The first kappa shape index (κ1) is 12.3. The van der Waals surface area contributed by atoms with Crippen molar-refractivity contribution in [2.24, 2.45) is 0 Å². The molecule has 14 heavy (non-hydrogen) atoms. The fraction of sp³-hybridized carbons (Fsp3) is 1.00. The van der Waals surface area contributed by atoms with Gasteiger partial charge >= 0.3 is 0 Å². The highest BCUT2D eigenvalue weighted by Gasteiger charge is 2.27. The number of nitrogens with zero attached hydrogens (tertiary/aromatic N) is 1. The zero-order valence-corrected chi connectivity index (χ0v) is 10.8. The van der Waals surface area contributed by atoms with Gasteiger partial charge in [0.1, 0.15) is 0 Å². The van der Waals surface area contributed by atoms with Gasteiger partial charge in [-0.1, -0.05) is 13.8 Å². The van der Waals surface area contributed by atoms with Gasteiger partial charge < -0.3 is 5.32 Å². The summed E-state index contributed by atoms with van der Waals surface area (Å²) in [6.07, 6.45) is 2.50. The Kier molecular flexibility index (Phi) is 4.29. The van der Waals surface area contributed by atoms with Crippen LogP contribution in [0.4, 0.5) is 0 Å². The summed E-state index contributed by atoms with van der Waals surface area (Å²) in [5.74, 6) is 0. The Morgan fingerprint density at radius 3 is 2.14 bits per heavy atom. The topological polar surface area (TPSA) is 15.3 Å². The highest BCUT2D eigenvalue weighted by Crippen LogP contribution is 2.23. The van der Waals surface area contributed by atoms with Crippen LogP contribution in [0.15, 0.2) is 0 Å². The van der Waals surface area contributed by atoms with E-state index in [4.69, 9.17) is 0 Å². The highest BCUT2D eigenvalue weighted by atomic mass is 32.1. The molecule has 0 aliphatic carbocycles. The molecule has 1 aliphatic rings. The van der Waals surface area contributed by atoms with Crippen LogP contribution in [-0.4, -0.2) is 34.9 Å². The number of rotatable bonds is 3. The van der Waals surface area contributed by atoms with Gasteiger partial charge in [-0.2, -0.15) is 12.6 Å². The first-order valence-electron chi connectivity index (χ1n) is 5.63. The fourth-order valence-electron chi connectivity index (χ4n) is 2.06. The van der Waals surface area contributed by atoms with E-state index >= 15 is 0 Å². The van der Waals surface area contributed by atoms with E-state index in [0.29, 0.717) is 12.1 Å². The van der Waals surface area contributed by atoms with Gasteiger partial charge in [-0.3, -0.25) is 4.90 Å². The fourth-order valence-corrected chi connectivity index (χ4v) is 2.26. The third kappa shape index (κ3) is 3.79. The molecule has 0 amide bonds. The number of thiol groups is 1. The Morgan fingerprint density at radius 2 is 1.79 bits per heavy atom. The molecule has 0 atom stereocenters. The zero-order valence-electron chi connectivity index (χ0n) is 9.88. The van der Waals surface area contributed by atoms with Gasteiger partial charge in [0, 0.05) is 25.2 Å². The molecule has 0 unspecified atom stereocenters. The molecule has 0 spiro atoms. The van der Waals surface area contributed by atoms with Gasteiger partial charge in [0.15, 0.2) is 0 Å². The van der Waals surface area contributed by atoms with E-state index in [2.05, 4.69) is 50.5 Å². The van der Waals surface area contributed by atoms with Crippen molar-refractivity contribution in [2.45, 2.75) is 57.5 Å². The number of nitrogens with one attached hydrogen (secondary N) is 1. The molecule has 2 nitrogen and oxygen atoms in total. The third-order valence-corrected chi connectivity index (χ3v) is 3.12. The standard InChI is InChI=1S/C11H24N2S/c1-9(2)12-10-5-7-13(8-6-10)11(3,4)14/h9-10,12,14H,5-8H2,1-4H3. The minimum atomic E-state index is 0.0444. The minimum Gasteiger partial charge on any atom is -0.312 e. The van der Waals surface area contributed by atoms with Crippen molar-refractivity contribution in [2.75, 3.05) is 13.1 Å². The van der Waals surface area contributed by atoms with E-state index in [1.165, 1.54) is 25.9 Å². The largest absolute Gasteiger partial charge is 0.312 e. The molecule has 1 saturated heterocycles. The van der Waals surface area contributed by atoms with E-state index in [9.17, 15) is 0 Å². The van der Waals surface area contributed by atoms with Crippen molar-refractivity contribution in [3.05, 3.63) is 0 Å². The lowest BCUT2D eigenvalue weighted by Crippen LogP contribution is -2.50. The Labute approximate surface area is 93.8 Å². The van der Waals surface area contributed by atoms with Crippen molar-refractivity contribution in [3.8, 4) is 0 Å². The van der Waals surface area contributed by atoms with Crippen molar-refractivity contribution < 1.29 is 0 Å². The van der Waals surface area contributed by atoms with Crippen LogP contribution in [0.1, 0.15) is 40.5 Å². The normalized spacial score (nSPS) is 21.9. The summed E-state index contributed by atoms with van der Waals surface area (Å²) >= 11 is 4.60. The first-order valence-corrected chi connectivity index (χ1v) is 6.08. The summed E-state index contributed by atoms with van der Waals surface area (Å²) in [6, 6.07) is 1.32. The molecule has 0 aromatic carbocycles. The summed E-state index contributed by atoms with van der Waals surface area (Å²) in [6.45, 7) is 11.1. The second-order valence-corrected chi connectivity index (χ2v) is 6.17. The number of piperidine rings is 1. The Morgan fingerprint density at radius 1 is 1.29 bits per heavy atom. The number of hydrogen-bond donors (Lipinski definition) is 2. The van der Waals surface area contributed by atoms with E-state index in [0.717, 1.165) is 0 Å². The predicted molar refractivity (Wildman–Crippen MR) is 65.9 cm³/mol. The first-order chi connectivity index (χ1) is 6.39. The Balaban J connectivity index is 2.31. The second-order valence-electron chi connectivity index (χ2n) is 5.08. The molecule has 1 N–H and O–H groups in total. The molecular weight excluding hydrogens is 192 g/mol. The van der Waals surface area contributed by atoms with Crippen molar-refractivity contribution >= 4 is 12.6 Å². The smallest absolute Gasteiger partial charge is 0.0583 e. The molecule has 3 heteroatoms. The molecule has 1 rings (SSSR count). The molecule has 0 saturated carbocycles. The Hall–Kier alpha value is 0.270. The van der Waals surface area contributed by atoms with E-state index in [1.54, 1.807) is 0 Å². The van der Waals surface area contributed by atoms with Gasteiger partial charge in [0.05, 0.1) is 4.87 Å². The van der Waals surface area contributed by atoms with Crippen LogP contribution in [0, 0.1) is 0 Å². The van der Waals surface area contributed by atoms with E-state index < -0.39 is 0 Å². The molecule has 1 heterocycles. The van der Waals surface area contributed by atoms with Gasteiger partial charge in [-0.15, -0.1) is 0 Å². The lowest BCUT2D eigenvalue weighted by Gasteiger charge is -2.40. The van der Waals surface area contributed by atoms with Crippen molar-refractivity contribution in [1.29, 1.82) is 0 Å². The highest BCUT2D eigenvalue weighted by molar-refractivity contribution is 7.81. The van der Waals surface area contributed by atoms with Gasteiger partial charge in [-0.05, 0) is 26.7 Å². The quantitative estimate of drug-likeness (QED) is 0.703. The van der Waals surface area contributed by atoms with Crippen LogP contribution >= 0.6 is 12.6 Å². The average molecular weight is 216 g/mol. The van der Waals surface area contributed by atoms with Gasteiger partial charge in [-0.25, -0.2) is 0 Å². The lowest BCUT2D eigenvalue weighted by molar-refractivity contribution is 0.141. The number of likely N-dealkylation sites (tertiary alicyclic amines) is 1. The SMILES string of the molecule is CC(C)NC1CCN(C(C)(C)S)CC1. The predicted octanol–water partition coefficient (Wildman–Crippen LogP) is 2.11. The molecule has 0 radical (unpaired) electrons. The van der Waals surface area contributed by atoms with Crippen LogP contribution in [-0.2, 0) is 0 Å². The van der Waals surface area contributed by atoms with Crippen molar-refractivity contribution in [1.82, 2.24) is 10.2 Å². The molecule has 1 aliphatic heterocycles. The van der Waals surface area contributed by atoms with Crippen LogP contribution in [0.2, 0.25) is 0 Å². The van der Waals surface area contributed by atoms with Gasteiger partial charge in [0.25, 0.3) is 0 Å². The molecule has 0 bridgehead atoms. The third-order valence-electron chi connectivity index (χ3n) is 2.84. The van der Waals surface area contributed by atoms with Crippen molar-refractivity contribution in [3.63, 3.8) is 0 Å². The minimum absolute atomic E-state index is 0.0444. The van der Waals surface area contributed by atoms with Crippen LogP contribution in [0.3, 0.4) is 0 Å². The molecular formula is C11H24N2S. The summed E-state index contributed by atoms with van der Waals surface area (Å²) in [4.78, 5) is 2.50. The maximum atomic E-state index is 4.60. The lowest BCUT2D eigenvalue weighted by atomic mass is 10.0. The molecule has 0 aromatic rings. The summed E-state index contributed by atoms with van der Waals surface area (Å²) < 4.78 is 0. The Bertz CT molecular complexity index is 167. The monoisotopic (exact) mass is 216 g/mol. The van der Waals surface area contributed by atoms with E-state index in [-0.39, 0.29) is 4.87 Å². The average Bonchev–Trinajstić information content (AvgIpc) is 2.02. The summed E-state index contributed by atoms with van der Waals surface area (Å²) in [7, 11) is 0. The zero-order chi connectivity index (χ0) is 10.8. The molecule has 0 aromatic heterocycles. The van der Waals surface area contributed by atoms with Crippen LogP contribution in [0.5, 0.6) is 0 Å². The summed E-state index contributed by atoms with van der Waals surface area (Å²) in [5.41, 5.74) is 0.